The van der Waals surface area contributed by atoms with Crippen LogP contribution in [0.1, 0.15) is 18.3 Å². The van der Waals surface area contributed by atoms with Gasteiger partial charge in [-0.25, -0.2) is 0 Å². The number of para-hydroxylation sites is 1. The number of benzene rings is 2. The maximum Gasteiger partial charge on any atom is 0.328 e. The number of aryl methyl sites for hydroxylation is 2. The number of fused-ring (bicyclic) bond motifs is 3. The highest BCUT2D eigenvalue weighted by atomic mass is 16.6. The summed E-state index contributed by atoms with van der Waals surface area (Å²) in [5.41, 5.74) is 3.11. The van der Waals surface area contributed by atoms with Gasteiger partial charge in [0.2, 0.25) is 0 Å². The number of hydrogen-bond donors (Lipinski definition) is 1. The Hall–Kier alpha value is -4.21. The van der Waals surface area contributed by atoms with E-state index in [1.807, 2.05) is 36.4 Å². The lowest BCUT2D eigenvalue weighted by Crippen LogP contribution is -2.23. The van der Waals surface area contributed by atoms with Crippen molar-refractivity contribution in [2.45, 2.75) is 33.9 Å². The molecule has 0 aliphatic rings. The van der Waals surface area contributed by atoms with Crippen LogP contribution in [0.2, 0.25) is 0 Å². The van der Waals surface area contributed by atoms with Crippen molar-refractivity contribution in [3.8, 4) is 0 Å². The predicted octanol–water partition coefficient (Wildman–Crippen LogP) is 3.72. The van der Waals surface area contributed by atoms with Crippen LogP contribution in [0.25, 0.3) is 21.8 Å². The predicted molar refractivity (Wildman–Crippen MR) is 123 cm³/mol. The molecule has 0 unspecified atom stereocenters. The number of nitrogens with zero attached hydrogens (tertiary/aromatic N) is 4. The number of rotatable bonds is 7. The average Bonchev–Trinajstić information content (AvgIpc) is 3.25. The number of nitro groups is 1. The van der Waals surface area contributed by atoms with Crippen LogP contribution in [-0.4, -0.2) is 37.8 Å². The van der Waals surface area contributed by atoms with Crippen LogP contribution in [0.3, 0.4) is 0 Å². The van der Waals surface area contributed by atoms with Gasteiger partial charge in [-0.15, -0.1) is 0 Å². The van der Waals surface area contributed by atoms with Crippen LogP contribution in [-0.2, 0) is 27.4 Å². The van der Waals surface area contributed by atoms with Crippen LogP contribution in [0.5, 0.6) is 0 Å². The summed E-state index contributed by atoms with van der Waals surface area (Å²) in [5, 5.41) is 19.9. The molecule has 170 valence electrons. The molecule has 0 fully saturated rings. The summed E-state index contributed by atoms with van der Waals surface area (Å²) in [6.07, 6.45) is 0. The first-order valence-corrected chi connectivity index (χ1v) is 10.4. The monoisotopic (exact) mass is 449 g/mol. The SMILES string of the molecule is CCn1c2ccccc2c2cc(NC(=O)COC(=O)Cn3nc(C)c([N+](=O)[O-])c3C)ccc21. The molecular weight excluding hydrogens is 426 g/mol. The Morgan fingerprint density at radius 1 is 1.12 bits per heavy atom. The zero-order chi connectivity index (χ0) is 23.7. The highest BCUT2D eigenvalue weighted by molar-refractivity contribution is 6.09. The van der Waals surface area contributed by atoms with Gasteiger partial charge >= 0.3 is 11.7 Å². The molecule has 0 spiro atoms. The van der Waals surface area contributed by atoms with E-state index in [9.17, 15) is 19.7 Å². The van der Waals surface area contributed by atoms with E-state index in [-0.39, 0.29) is 23.6 Å². The van der Waals surface area contributed by atoms with Gasteiger partial charge in [0.15, 0.2) is 6.61 Å². The molecule has 4 rings (SSSR count). The second-order valence-electron chi connectivity index (χ2n) is 7.64. The molecule has 2 aromatic heterocycles. The largest absolute Gasteiger partial charge is 0.454 e. The molecule has 0 bridgehead atoms. The van der Waals surface area contributed by atoms with Crippen molar-refractivity contribution in [3.05, 3.63) is 64.0 Å². The van der Waals surface area contributed by atoms with Crippen molar-refractivity contribution in [2.75, 3.05) is 11.9 Å². The van der Waals surface area contributed by atoms with E-state index >= 15 is 0 Å². The number of aromatic nitrogens is 3. The topological polar surface area (TPSA) is 121 Å². The van der Waals surface area contributed by atoms with Gasteiger partial charge < -0.3 is 14.6 Å². The summed E-state index contributed by atoms with van der Waals surface area (Å²) in [7, 11) is 0. The number of hydrogen-bond acceptors (Lipinski definition) is 6. The number of esters is 1. The highest BCUT2D eigenvalue weighted by Gasteiger charge is 2.23. The fourth-order valence-electron chi connectivity index (χ4n) is 4.09. The first-order valence-electron chi connectivity index (χ1n) is 10.4. The van der Waals surface area contributed by atoms with Gasteiger partial charge in [-0.2, -0.15) is 5.10 Å². The summed E-state index contributed by atoms with van der Waals surface area (Å²) >= 11 is 0. The molecule has 10 nitrogen and oxygen atoms in total. The van der Waals surface area contributed by atoms with Crippen LogP contribution < -0.4 is 5.32 Å². The van der Waals surface area contributed by atoms with Crippen LogP contribution in [0.4, 0.5) is 11.4 Å². The van der Waals surface area contributed by atoms with E-state index < -0.39 is 23.4 Å². The van der Waals surface area contributed by atoms with Gasteiger partial charge in [-0.05, 0) is 45.0 Å². The summed E-state index contributed by atoms with van der Waals surface area (Å²) < 4.78 is 8.45. The molecule has 0 aliphatic heterocycles. The highest BCUT2D eigenvalue weighted by Crippen LogP contribution is 2.31. The van der Waals surface area contributed by atoms with Gasteiger partial charge in [0, 0.05) is 34.0 Å². The average molecular weight is 449 g/mol. The van der Waals surface area contributed by atoms with Crippen molar-refractivity contribution >= 4 is 45.1 Å². The van der Waals surface area contributed by atoms with Crippen molar-refractivity contribution in [1.29, 1.82) is 0 Å². The molecule has 2 aromatic carbocycles. The first-order chi connectivity index (χ1) is 15.8. The third-order valence-electron chi connectivity index (χ3n) is 5.54. The number of carbonyl (C=O) groups excluding carboxylic acids is 2. The number of anilines is 1. The van der Waals surface area contributed by atoms with Crippen molar-refractivity contribution in [2.24, 2.45) is 0 Å². The fourth-order valence-corrected chi connectivity index (χ4v) is 4.09. The normalized spacial score (nSPS) is 11.1. The first kappa shape index (κ1) is 22.0. The minimum absolute atomic E-state index is 0.139. The Morgan fingerprint density at radius 2 is 1.85 bits per heavy atom. The zero-order valence-electron chi connectivity index (χ0n) is 18.5. The van der Waals surface area contributed by atoms with Crippen molar-refractivity contribution in [3.63, 3.8) is 0 Å². The summed E-state index contributed by atoms with van der Waals surface area (Å²) in [5.74, 6) is -1.20. The van der Waals surface area contributed by atoms with Crippen molar-refractivity contribution < 1.29 is 19.2 Å². The number of amides is 1. The lowest BCUT2D eigenvalue weighted by Gasteiger charge is -2.08. The van der Waals surface area contributed by atoms with Crippen LogP contribution >= 0.6 is 0 Å². The number of nitrogens with one attached hydrogen (secondary N) is 1. The van der Waals surface area contributed by atoms with Gasteiger partial charge in [-0.1, -0.05) is 18.2 Å². The van der Waals surface area contributed by atoms with E-state index in [1.54, 1.807) is 0 Å². The second-order valence-corrected chi connectivity index (χ2v) is 7.64. The molecule has 0 saturated heterocycles. The lowest BCUT2D eigenvalue weighted by molar-refractivity contribution is -0.386. The Morgan fingerprint density at radius 3 is 2.55 bits per heavy atom. The number of carbonyl (C=O) groups is 2. The third-order valence-corrected chi connectivity index (χ3v) is 5.54. The summed E-state index contributed by atoms with van der Waals surface area (Å²) in [6, 6.07) is 13.7. The third kappa shape index (κ3) is 4.14. The van der Waals surface area contributed by atoms with E-state index in [0.29, 0.717) is 5.69 Å². The zero-order valence-corrected chi connectivity index (χ0v) is 18.5. The maximum absolute atomic E-state index is 12.3. The van der Waals surface area contributed by atoms with Gasteiger partial charge in [-0.3, -0.25) is 24.4 Å². The molecule has 33 heavy (non-hydrogen) atoms. The number of ether oxygens (including phenoxy) is 1. The van der Waals surface area contributed by atoms with Crippen molar-refractivity contribution in [1.82, 2.24) is 14.3 Å². The molecule has 0 aliphatic carbocycles. The minimum Gasteiger partial charge on any atom is -0.454 e. The summed E-state index contributed by atoms with van der Waals surface area (Å²) in [4.78, 5) is 35.0. The van der Waals surface area contributed by atoms with Gasteiger partial charge in [0.25, 0.3) is 5.91 Å². The van der Waals surface area contributed by atoms with Gasteiger partial charge in [0.1, 0.15) is 17.9 Å². The minimum atomic E-state index is -0.716. The maximum atomic E-state index is 12.3. The lowest BCUT2D eigenvalue weighted by atomic mass is 10.1. The quantitative estimate of drug-likeness (QED) is 0.261. The molecule has 2 heterocycles. The summed E-state index contributed by atoms with van der Waals surface area (Å²) in [6.45, 7) is 5.11. The molecule has 1 N–H and O–H groups in total. The fraction of sp³-hybridized carbons (Fsp3) is 0.261. The van der Waals surface area contributed by atoms with E-state index in [2.05, 4.69) is 28.0 Å². The van der Waals surface area contributed by atoms with Crippen LogP contribution in [0.15, 0.2) is 42.5 Å². The smallest absolute Gasteiger partial charge is 0.328 e. The molecule has 10 heteroatoms. The van der Waals surface area contributed by atoms with E-state index in [1.165, 1.54) is 18.5 Å². The Labute approximate surface area is 188 Å². The molecule has 0 atom stereocenters. The Kier molecular flexibility index (Phi) is 5.82. The Balaban J connectivity index is 1.42. The van der Waals surface area contributed by atoms with Gasteiger partial charge in [0.05, 0.1) is 4.92 Å². The molecule has 4 aromatic rings. The molecule has 1 amide bonds. The second kappa shape index (κ2) is 8.73. The molecular formula is C23H23N5O5. The Bertz CT molecular complexity index is 1400. The van der Waals surface area contributed by atoms with E-state index in [0.717, 1.165) is 28.4 Å². The molecule has 0 radical (unpaired) electrons. The van der Waals surface area contributed by atoms with E-state index in [4.69, 9.17) is 4.74 Å². The molecule has 0 saturated carbocycles. The van der Waals surface area contributed by atoms with Crippen LogP contribution in [0, 0.1) is 24.0 Å². The standard InChI is InChI=1S/C23H23N5O5/c1-4-26-19-8-6-5-7-17(19)18-11-16(9-10-20(18)26)24-21(29)13-33-22(30)12-27-15(3)23(28(31)32)14(2)25-27/h5-11H,4,12-13H2,1-3H3,(H,24,29).